The summed E-state index contributed by atoms with van der Waals surface area (Å²) in [6, 6.07) is 12.0. The highest BCUT2D eigenvalue weighted by Crippen LogP contribution is 2.24. The quantitative estimate of drug-likeness (QED) is 0.774. The van der Waals surface area contributed by atoms with Gasteiger partial charge in [0.25, 0.3) is 5.91 Å². The lowest BCUT2D eigenvalue weighted by Gasteiger charge is -2.26. The summed E-state index contributed by atoms with van der Waals surface area (Å²) in [5.74, 6) is 0.243. The van der Waals surface area contributed by atoms with Crippen LogP contribution in [0.2, 0.25) is 0 Å². The van der Waals surface area contributed by atoms with E-state index in [2.05, 4.69) is 12.1 Å². The van der Waals surface area contributed by atoms with Gasteiger partial charge in [0.15, 0.2) is 0 Å². The van der Waals surface area contributed by atoms with Gasteiger partial charge in [-0.2, -0.15) is 0 Å². The van der Waals surface area contributed by atoms with Crippen molar-refractivity contribution in [3.8, 4) is 0 Å². The van der Waals surface area contributed by atoms with Crippen LogP contribution >= 0.6 is 0 Å². The van der Waals surface area contributed by atoms with Crippen LogP contribution in [0, 0.1) is 6.92 Å². The van der Waals surface area contributed by atoms with E-state index in [-0.39, 0.29) is 18.0 Å². The number of β-amino-alcohol motifs (C(OH)–C–C–N with tert-alkyl or cyclic N) is 1. The molecule has 0 spiro atoms. The van der Waals surface area contributed by atoms with Crippen LogP contribution in [0.3, 0.4) is 0 Å². The number of amides is 1. The summed E-state index contributed by atoms with van der Waals surface area (Å²) >= 11 is 0. The van der Waals surface area contributed by atoms with Crippen LogP contribution < -0.4 is 5.63 Å². The fourth-order valence-corrected chi connectivity index (χ4v) is 4.07. The number of aryl methyl sites for hydroxylation is 3. The van der Waals surface area contributed by atoms with Gasteiger partial charge in [-0.3, -0.25) is 4.79 Å². The molecule has 1 aromatic carbocycles. The van der Waals surface area contributed by atoms with Crippen LogP contribution in [0.5, 0.6) is 0 Å². The number of likely N-dealkylation sites (N-methyl/N-ethyl adjacent to an activating group) is 1. The number of likely N-dealkylation sites (tertiary alicyclic amines) is 1. The number of benzene rings is 1. The Morgan fingerprint density at radius 1 is 1.24 bits per heavy atom. The first-order chi connectivity index (χ1) is 13.8. The first-order valence-corrected chi connectivity index (χ1v) is 10.1. The minimum absolute atomic E-state index is 0.0749. The van der Waals surface area contributed by atoms with Gasteiger partial charge in [0, 0.05) is 19.5 Å². The van der Waals surface area contributed by atoms with Gasteiger partial charge in [-0.05, 0) is 57.5 Å². The van der Waals surface area contributed by atoms with Gasteiger partial charge in [0.2, 0.25) is 0 Å². The van der Waals surface area contributed by atoms with E-state index in [4.69, 9.17) is 4.42 Å². The molecule has 1 fully saturated rings. The molecule has 0 radical (unpaired) electrons. The maximum atomic E-state index is 12.9. The van der Waals surface area contributed by atoms with Crippen LogP contribution in [0.15, 0.2) is 45.6 Å². The number of carbonyl (C=O) groups excluding carboxylic acids is 1. The van der Waals surface area contributed by atoms with Crippen molar-refractivity contribution in [2.45, 2.75) is 38.2 Å². The Balaban J connectivity index is 1.66. The number of rotatable bonds is 7. The van der Waals surface area contributed by atoms with Gasteiger partial charge in [-0.1, -0.05) is 30.3 Å². The molecule has 29 heavy (non-hydrogen) atoms. The highest BCUT2D eigenvalue weighted by atomic mass is 16.4. The van der Waals surface area contributed by atoms with Gasteiger partial charge in [0.05, 0.1) is 12.1 Å². The molecular weight excluding hydrogens is 368 g/mol. The summed E-state index contributed by atoms with van der Waals surface area (Å²) in [4.78, 5) is 28.9. The molecule has 0 saturated carbocycles. The molecule has 1 aliphatic heterocycles. The molecule has 1 amide bonds. The normalized spacial score (nSPS) is 19.1. The van der Waals surface area contributed by atoms with E-state index in [1.807, 2.05) is 37.2 Å². The minimum Gasteiger partial charge on any atom is -0.427 e. The summed E-state index contributed by atoms with van der Waals surface area (Å²) in [6.07, 6.45) is 2.91. The molecule has 156 valence electrons. The third kappa shape index (κ3) is 5.34. The average Bonchev–Trinajstić information content (AvgIpc) is 3.03. The highest BCUT2D eigenvalue weighted by Gasteiger charge is 2.39. The van der Waals surface area contributed by atoms with Crippen molar-refractivity contribution < 1.29 is 14.3 Å². The van der Waals surface area contributed by atoms with Gasteiger partial charge >= 0.3 is 5.63 Å². The van der Waals surface area contributed by atoms with Gasteiger partial charge in [0.1, 0.15) is 11.3 Å². The Hall–Kier alpha value is -2.44. The standard InChI is InChI=1S/C23H30N2O4/c1-17-14-19(11-7-10-18-8-5-4-6-9-18)29-22(27)20(17)21(26)25-13-12-23(28,16-25)15-24(2)3/h4-6,8-9,14,28H,7,10-13,15-16H2,1-3H3. The number of hydrogen-bond acceptors (Lipinski definition) is 5. The molecule has 6 heteroatoms. The van der Waals surface area contributed by atoms with Crippen molar-refractivity contribution >= 4 is 5.91 Å². The van der Waals surface area contributed by atoms with E-state index >= 15 is 0 Å². The van der Waals surface area contributed by atoms with Crippen LogP contribution in [0.4, 0.5) is 0 Å². The molecule has 0 bridgehead atoms. The summed E-state index contributed by atoms with van der Waals surface area (Å²) < 4.78 is 5.45. The predicted octanol–water partition coefficient (Wildman–Crippen LogP) is 2.26. The molecule has 6 nitrogen and oxygen atoms in total. The van der Waals surface area contributed by atoms with E-state index < -0.39 is 11.2 Å². The zero-order valence-corrected chi connectivity index (χ0v) is 17.5. The van der Waals surface area contributed by atoms with Gasteiger partial charge < -0.3 is 19.3 Å². The van der Waals surface area contributed by atoms with E-state index in [9.17, 15) is 14.7 Å². The summed E-state index contributed by atoms with van der Waals surface area (Å²) in [6.45, 7) is 2.90. The Kier molecular flexibility index (Phi) is 6.55. The molecule has 1 saturated heterocycles. The molecule has 1 unspecified atom stereocenters. The second-order valence-corrected chi connectivity index (χ2v) is 8.34. The maximum absolute atomic E-state index is 12.9. The number of aliphatic hydroxyl groups is 1. The predicted molar refractivity (Wildman–Crippen MR) is 112 cm³/mol. The van der Waals surface area contributed by atoms with Crippen LogP contribution in [-0.2, 0) is 12.8 Å². The number of hydrogen-bond donors (Lipinski definition) is 1. The van der Waals surface area contributed by atoms with Crippen molar-refractivity contribution in [3.63, 3.8) is 0 Å². The minimum atomic E-state index is -0.940. The molecule has 2 heterocycles. The SMILES string of the molecule is Cc1cc(CCCc2ccccc2)oc(=O)c1C(=O)N1CCC(O)(CN(C)C)C1. The van der Waals surface area contributed by atoms with Gasteiger partial charge in [-0.15, -0.1) is 0 Å². The fourth-order valence-electron chi connectivity index (χ4n) is 4.07. The number of carbonyl (C=O) groups is 1. The molecule has 1 aliphatic rings. The topological polar surface area (TPSA) is 74.0 Å². The third-order valence-corrected chi connectivity index (χ3v) is 5.38. The van der Waals surface area contributed by atoms with Crippen molar-refractivity contribution in [2.24, 2.45) is 0 Å². The van der Waals surface area contributed by atoms with Gasteiger partial charge in [-0.25, -0.2) is 4.79 Å². The second kappa shape index (κ2) is 8.93. The monoisotopic (exact) mass is 398 g/mol. The molecule has 1 aromatic heterocycles. The summed E-state index contributed by atoms with van der Waals surface area (Å²) in [5, 5.41) is 10.7. The lowest BCUT2D eigenvalue weighted by molar-refractivity contribution is 0.0235. The first-order valence-electron chi connectivity index (χ1n) is 10.1. The van der Waals surface area contributed by atoms with Crippen molar-refractivity contribution in [1.29, 1.82) is 0 Å². The van der Waals surface area contributed by atoms with Crippen molar-refractivity contribution in [2.75, 3.05) is 33.7 Å². The van der Waals surface area contributed by atoms with E-state index in [0.717, 1.165) is 12.8 Å². The summed E-state index contributed by atoms with van der Waals surface area (Å²) in [5.41, 5.74) is 0.422. The van der Waals surface area contributed by atoms with Crippen molar-refractivity contribution in [3.05, 3.63) is 69.3 Å². The molecule has 1 N–H and O–H groups in total. The molecule has 1 atom stereocenters. The molecular formula is C23H30N2O4. The number of nitrogens with zero attached hydrogens (tertiary/aromatic N) is 2. The Morgan fingerprint density at radius 3 is 2.62 bits per heavy atom. The maximum Gasteiger partial charge on any atom is 0.349 e. The second-order valence-electron chi connectivity index (χ2n) is 8.34. The molecule has 2 aromatic rings. The third-order valence-electron chi connectivity index (χ3n) is 5.38. The van der Waals surface area contributed by atoms with Crippen molar-refractivity contribution in [1.82, 2.24) is 9.80 Å². The molecule has 3 rings (SSSR count). The van der Waals surface area contributed by atoms with Crippen LogP contribution in [-0.4, -0.2) is 60.1 Å². The summed E-state index contributed by atoms with van der Waals surface area (Å²) in [7, 11) is 3.77. The zero-order chi connectivity index (χ0) is 21.0. The zero-order valence-electron chi connectivity index (χ0n) is 17.5. The van der Waals surface area contributed by atoms with E-state index in [1.54, 1.807) is 17.9 Å². The first kappa shape index (κ1) is 21.3. The Morgan fingerprint density at radius 2 is 1.97 bits per heavy atom. The largest absolute Gasteiger partial charge is 0.427 e. The Labute approximate surface area is 171 Å². The van der Waals surface area contributed by atoms with E-state index in [0.29, 0.717) is 37.3 Å². The Bertz CT molecular complexity index is 907. The lowest BCUT2D eigenvalue weighted by atomic mass is 10.0. The van der Waals surface area contributed by atoms with E-state index in [1.165, 1.54) is 5.56 Å². The average molecular weight is 399 g/mol. The lowest BCUT2D eigenvalue weighted by Crippen LogP contribution is -2.44. The van der Waals surface area contributed by atoms with Crippen LogP contribution in [0.1, 0.15) is 40.1 Å². The van der Waals surface area contributed by atoms with Crippen LogP contribution in [0.25, 0.3) is 0 Å². The fraction of sp³-hybridized carbons (Fsp3) is 0.478. The highest BCUT2D eigenvalue weighted by molar-refractivity contribution is 5.95. The molecule has 0 aliphatic carbocycles. The smallest absolute Gasteiger partial charge is 0.349 e.